The van der Waals surface area contributed by atoms with Crippen LogP contribution in [0.3, 0.4) is 0 Å². The van der Waals surface area contributed by atoms with Crippen molar-refractivity contribution in [3.8, 4) is 5.75 Å². The molecule has 0 fully saturated rings. The summed E-state index contributed by atoms with van der Waals surface area (Å²) in [5.74, 6) is 0.247. The highest BCUT2D eigenvalue weighted by atomic mass is 16.5. The maximum Gasteiger partial charge on any atom is 0.337 e. The van der Waals surface area contributed by atoms with Crippen LogP contribution >= 0.6 is 0 Å². The van der Waals surface area contributed by atoms with E-state index >= 15 is 0 Å². The molecule has 0 aliphatic carbocycles. The lowest BCUT2D eigenvalue weighted by atomic mass is 10.2. The van der Waals surface area contributed by atoms with Crippen molar-refractivity contribution in [3.05, 3.63) is 17.8 Å². The third kappa shape index (κ3) is 1.37. The summed E-state index contributed by atoms with van der Waals surface area (Å²) < 4.78 is 5.32. The SMILES string of the molecule is CN1CCOc2cc(C(=O)O)cnc21. The van der Waals surface area contributed by atoms with Gasteiger partial charge in [-0.2, -0.15) is 0 Å². The van der Waals surface area contributed by atoms with Crippen molar-refractivity contribution in [3.63, 3.8) is 0 Å². The summed E-state index contributed by atoms with van der Waals surface area (Å²) in [6.07, 6.45) is 1.34. The first-order valence-corrected chi connectivity index (χ1v) is 4.26. The second-order valence-electron chi connectivity index (χ2n) is 3.12. The lowest BCUT2D eigenvalue weighted by Crippen LogP contribution is -2.29. The Morgan fingerprint density at radius 1 is 1.71 bits per heavy atom. The van der Waals surface area contributed by atoms with Crippen LogP contribution in [0.5, 0.6) is 5.75 Å². The number of carboxylic acids is 1. The predicted molar refractivity (Wildman–Crippen MR) is 50.0 cm³/mol. The van der Waals surface area contributed by atoms with Crippen LogP contribution in [0, 0.1) is 0 Å². The van der Waals surface area contributed by atoms with Crippen molar-refractivity contribution in [2.24, 2.45) is 0 Å². The van der Waals surface area contributed by atoms with Crippen LogP contribution in [-0.4, -0.2) is 36.3 Å². The van der Waals surface area contributed by atoms with Gasteiger partial charge in [0, 0.05) is 19.3 Å². The number of aromatic nitrogens is 1. The molecule has 0 amide bonds. The molecule has 0 saturated carbocycles. The number of anilines is 1. The van der Waals surface area contributed by atoms with Gasteiger partial charge in [0.15, 0.2) is 11.6 Å². The number of carboxylic acid groups (broad SMARTS) is 1. The fourth-order valence-electron chi connectivity index (χ4n) is 1.35. The molecule has 14 heavy (non-hydrogen) atoms. The third-order valence-electron chi connectivity index (χ3n) is 2.13. The van der Waals surface area contributed by atoms with Gasteiger partial charge in [0.25, 0.3) is 0 Å². The van der Waals surface area contributed by atoms with Gasteiger partial charge in [-0.25, -0.2) is 9.78 Å². The topological polar surface area (TPSA) is 62.7 Å². The largest absolute Gasteiger partial charge is 0.488 e. The molecule has 2 heterocycles. The molecule has 0 bridgehead atoms. The monoisotopic (exact) mass is 194 g/mol. The zero-order chi connectivity index (χ0) is 10.1. The highest BCUT2D eigenvalue weighted by molar-refractivity contribution is 5.88. The molecule has 1 N–H and O–H groups in total. The Balaban J connectivity index is 2.44. The zero-order valence-corrected chi connectivity index (χ0v) is 7.73. The van der Waals surface area contributed by atoms with Gasteiger partial charge < -0.3 is 14.7 Å². The molecule has 1 aromatic heterocycles. The van der Waals surface area contributed by atoms with E-state index in [4.69, 9.17) is 9.84 Å². The van der Waals surface area contributed by atoms with E-state index in [1.807, 2.05) is 11.9 Å². The van der Waals surface area contributed by atoms with Crippen molar-refractivity contribution in [1.29, 1.82) is 0 Å². The van der Waals surface area contributed by atoms with E-state index in [2.05, 4.69) is 4.98 Å². The minimum absolute atomic E-state index is 0.152. The maximum absolute atomic E-state index is 10.7. The number of fused-ring (bicyclic) bond motifs is 1. The summed E-state index contributed by atoms with van der Waals surface area (Å²) >= 11 is 0. The summed E-state index contributed by atoms with van der Waals surface area (Å²) in [5.41, 5.74) is 0.152. The van der Waals surface area contributed by atoms with E-state index in [0.717, 1.165) is 6.54 Å². The number of ether oxygens (including phenoxy) is 1. The van der Waals surface area contributed by atoms with Crippen molar-refractivity contribution < 1.29 is 14.6 Å². The molecule has 0 saturated heterocycles. The molecule has 1 aliphatic rings. The van der Waals surface area contributed by atoms with Crippen LogP contribution in [0.2, 0.25) is 0 Å². The second kappa shape index (κ2) is 3.17. The number of carbonyl (C=O) groups is 1. The quantitative estimate of drug-likeness (QED) is 0.709. The molecule has 0 atom stereocenters. The Labute approximate surface area is 80.9 Å². The van der Waals surface area contributed by atoms with E-state index in [-0.39, 0.29) is 5.56 Å². The second-order valence-corrected chi connectivity index (χ2v) is 3.12. The van der Waals surface area contributed by atoms with Gasteiger partial charge in [0.05, 0.1) is 12.1 Å². The number of hydrogen-bond acceptors (Lipinski definition) is 4. The average molecular weight is 194 g/mol. The molecule has 0 unspecified atom stereocenters. The number of aromatic carboxylic acids is 1. The molecule has 1 aliphatic heterocycles. The minimum atomic E-state index is -0.989. The van der Waals surface area contributed by atoms with E-state index in [1.165, 1.54) is 12.3 Å². The molecule has 5 heteroatoms. The van der Waals surface area contributed by atoms with Gasteiger partial charge in [-0.15, -0.1) is 0 Å². The molecular formula is C9H10N2O3. The molecule has 2 rings (SSSR count). The summed E-state index contributed by atoms with van der Waals surface area (Å²) in [6.45, 7) is 1.33. The Hall–Kier alpha value is -1.78. The Morgan fingerprint density at radius 2 is 2.50 bits per heavy atom. The number of hydrogen-bond donors (Lipinski definition) is 1. The van der Waals surface area contributed by atoms with Crippen LogP contribution < -0.4 is 9.64 Å². The maximum atomic E-state index is 10.7. The first-order valence-electron chi connectivity index (χ1n) is 4.26. The normalized spacial score (nSPS) is 14.5. The fourth-order valence-corrected chi connectivity index (χ4v) is 1.35. The van der Waals surface area contributed by atoms with Crippen LogP contribution in [0.1, 0.15) is 10.4 Å². The van der Waals surface area contributed by atoms with Crippen molar-refractivity contribution in [2.45, 2.75) is 0 Å². The molecule has 0 spiro atoms. The van der Waals surface area contributed by atoms with E-state index < -0.39 is 5.97 Å². The first-order chi connectivity index (χ1) is 6.68. The van der Waals surface area contributed by atoms with Gasteiger partial charge in [-0.1, -0.05) is 0 Å². The molecule has 0 aromatic carbocycles. The smallest absolute Gasteiger partial charge is 0.337 e. The number of rotatable bonds is 1. The van der Waals surface area contributed by atoms with Crippen molar-refractivity contribution in [1.82, 2.24) is 4.98 Å². The summed E-state index contributed by atoms with van der Waals surface area (Å²) in [6, 6.07) is 1.50. The summed E-state index contributed by atoms with van der Waals surface area (Å²) in [4.78, 5) is 16.6. The first kappa shape index (κ1) is 8.80. The number of nitrogens with zero attached hydrogens (tertiary/aromatic N) is 2. The molecule has 1 aromatic rings. The van der Waals surface area contributed by atoms with Crippen molar-refractivity contribution >= 4 is 11.8 Å². The Bertz CT molecular complexity index is 378. The summed E-state index contributed by atoms with van der Waals surface area (Å²) in [5, 5.41) is 8.74. The van der Waals surface area contributed by atoms with Crippen molar-refractivity contribution in [2.75, 3.05) is 25.1 Å². The van der Waals surface area contributed by atoms with Gasteiger partial charge in [-0.05, 0) is 0 Å². The molecular weight excluding hydrogens is 184 g/mol. The van der Waals surface area contributed by atoms with Gasteiger partial charge in [0.1, 0.15) is 6.61 Å². The Kier molecular flexibility index (Phi) is 1.99. The lowest BCUT2D eigenvalue weighted by Gasteiger charge is -2.26. The highest BCUT2D eigenvalue weighted by Crippen LogP contribution is 2.28. The average Bonchev–Trinajstić information content (AvgIpc) is 2.17. The standard InChI is InChI=1S/C9H10N2O3/c1-11-2-3-14-7-4-6(9(12)13)5-10-8(7)11/h4-5H,2-3H2,1H3,(H,12,13). The predicted octanol–water partition coefficient (Wildman–Crippen LogP) is 0.608. The Morgan fingerprint density at radius 3 is 3.21 bits per heavy atom. The van der Waals surface area contributed by atoms with Gasteiger partial charge in [-0.3, -0.25) is 0 Å². The molecule has 74 valence electrons. The fraction of sp³-hybridized carbons (Fsp3) is 0.333. The van der Waals surface area contributed by atoms with Gasteiger partial charge in [0.2, 0.25) is 0 Å². The number of pyridine rings is 1. The lowest BCUT2D eigenvalue weighted by molar-refractivity contribution is 0.0696. The number of likely N-dealkylation sites (N-methyl/N-ethyl adjacent to an activating group) is 1. The summed E-state index contributed by atoms with van der Waals surface area (Å²) in [7, 11) is 1.90. The molecule has 0 radical (unpaired) electrons. The van der Waals surface area contributed by atoms with Gasteiger partial charge >= 0.3 is 5.97 Å². The van der Waals surface area contributed by atoms with E-state index in [0.29, 0.717) is 18.2 Å². The van der Waals surface area contributed by atoms with Crippen LogP contribution in [0.4, 0.5) is 5.82 Å². The van der Waals surface area contributed by atoms with E-state index in [1.54, 1.807) is 0 Å². The van der Waals surface area contributed by atoms with Crippen LogP contribution in [0.25, 0.3) is 0 Å². The highest BCUT2D eigenvalue weighted by Gasteiger charge is 2.18. The minimum Gasteiger partial charge on any atom is -0.488 e. The van der Waals surface area contributed by atoms with Crippen LogP contribution in [0.15, 0.2) is 12.3 Å². The van der Waals surface area contributed by atoms with E-state index in [9.17, 15) is 4.79 Å². The molecule has 5 nitrogen and oxygen atoms in total. The third-order valence-corrected chi connectivity index (χ3v) is 2.13. The zero-order valence-electron chi connectivity index (χ0n) is 7.73. The van der Waals surface area contributed by atoms with Crippen LogP contribution in [-0.2, 0) is 0 Å².